The molecule has 0 radical (unpaired) electrons. The maximum Gasteiger partial charge on any atom is 0.267 e. The quantitative estimate of drug-likeness (QED) is 0.466. The highest BCUT2D eigenvalue weighted by atomic mass is 19.1. The number of para-hydroxylation sites is 1. The minimum Gasteiger partial charge on any atom is -0.368 e. The molecule has 0 amide bonds. The summed E-state index contributed by atoms with van der Waals surface area (Å²) < 4.78 is 28.0. The molecule has 156 valence electrons. The van der Waals surface area contributed by atoms with Gasteiger partial charge in [0, 0.05) is 12.7 Å². The molecule has 1 saturated carbocycles. The zero-order chi connectivity index (χ0) is 21.2. The van der Waals surface area contributed by atoms with Gasteiger partial charge >= 0.3 is 0 Å². The average Bonchev–Trinajstić information content (AvgIpc) is 3.58. The van der Waals surface area contributed by atoms with Gasteiger partial charge in [0.1, 0.15) is 11.4 Å². The molecule has 0 bridgehead atoms. The summed E-state index contributed by atoms with van der Waals surface area (Å²) in [6.07, 6.45) is 5.24. The monoisotopic (exact) mass is 420 g/mol. The maximum atomic E-state index is 15.1. The third kappa shape index (κ3) is 2.33. The molecular weight excluding hydrogens is 403 g/mol. The number of ether oxygens (including phenoxy) is 1. The Labute approximate surface area is 176 Å². The van der Waals surface area contributed by atoms with Crippen molar-refractivity contribution in [2.45, 2.75) is 37.7 Å². The summed E-state index contributed by atoms with van der Waals surface area (Å²) in [6.45, 7) is 0. The van der Waals surface area contributed by atoms with Crippen molar-refractivity contribution in [1.29, 1.82) is 5.26 Å². The maximum absolute atomic E-state index is 15.1. The first-order valence-electron chi connectivity index (χ1n) is 9.95. The topological polar surface area (TPSA) is 109 Å². The van der Waals surface area contributed by atoms with Crippen molar-refractivity contribution >= 4 is 11.5 Å². The lowest BCUT2D eigenvalue weighted by Crippen LogP contribution is -2.36. The van der Waals surface area contributed by atoms with Gasteiger partial charge in [-0.1, -0.05) is 17.3 Å². The van der Waals surface area contributed by atoms with E-state index in [9.17, 15) is 5.26 Å². The molecule has 11 heteroatoms. The predicted octanol–water partition coefficient (Wildman–Crippen LogP) is 3.04. The van der Waals surface area contributed by atoms with E-state index in [0.29, 0.717) is 34.6 Å². The second-order valence-electron chi connectivity index (χ2n) is 7.70. The molecule has 0 spiro atoms. The molecule has 3 aliphatic rings. The van der Waals surface area contributed by atoms with Gasteiger partial charge in [0.25, 0.3) is 12.3 Å². The molecule has 3 aromatic rings. The van der Waals surface area contributed by atoms with E-state index in [1.165, 1.54) is 11.1 Å². The molecule has 0 N–H and O–H groups in total. The molecular formula is C20H17FN8O2. The Morgan fingerprint density at radius 1 is 1.23 bits per heavy atom. The summed E-state index contributed by atoms with van der Waals surface area (Å²) in [7, 11) is 1.64. The third-order valence-corrected chi connectivity index (χ3v) is 6.17. The van der Waals surface area contributed by atoms with Gasteiger partial charge in [-0.15, -0.1) is 10.2 Å². The minimum absolute atomic E-state index is 0.225. The summed E-state index contributed by atoms with van der Waals surface area (Å²) >= 11 is 0. The number of fused-ring (bicyclic) bond motifs is 6. The van der Waals surface area contributed by atoms with Gasteiger partial charge in [0.05, 0.1) is 11.9 Å². The van der Waals surface area contributed by atoms with E-state index in [0.717, 1.165) is 30.6 Å². The molecule has 1 atom stereocenters. The number of hydrogen-bond donors (Lipinski definition) is 0. The van der Waals surface area contributed by atoms with Crippen molar-refractivity contribution in [3.8, 4) is 29.2 Å². The lowest BCUT2D eigenvalue weighted by atomic mass is 10.0. The summed E-state index contributed by atoms with van der Waals surface area (Å²) in [4.78, 5) is 6.93. The molecule has 31 heavy (non-hydrogen) atoms. The number of methoxy groups -OCH3 is 1. The molecule has 1 unspecified atom stereocenters. The van der Waals surface area contributed by atoms with Gasteiger partial charge in [0.15, 0.2) is 12.0 Å². The van der Waals surface area contributed by atoms with Crippen LogP contribution in [0.15, 0.2) is 35.0 Å². The minimum atomic E-state index is -1.68. The first-order valence-corrected chi connectivity index (χ1v) is 9.95. The van der Waals surface area contributed by atoms with Crippen molar-refractivity contribution in [2.75, 3.05) is 12.0 Å². The summed E-state index contributed by atoms with van der Waals surface area (Å²) in [6, 6.07) is 7.26. The number of rotatable bonds is 3. The van der Waals surface area contributed by atoms with E-state index in [1.54, 1.807) is 17.7 Å². The fourth-order valence-electron chi connectivity index (χ4n) is 4.61. The van der Waals surface area contributed by atoms with Crippen LogP contribution in [0.2, 0.25) is 0 Å². The van der Waals surface area contributed by atoms with Gasteiger partial charge in [-0.2, -0.15) is 14.6 Å². The van der Waals surface area contributed by atoms with Gasteiger partial charge < -0.3 is 9.26 Å². The second-order valence-corrected chi connectivity index (χ2v) is 7.70. The Morgan fingerprint density at radius 2 is 2.00 bits per heavy atom. The van der Waals surface area contributed by atoms with E-state index in [2.05, 4.69) is 20.3 Å². The van der Waals surface area contributed by atoms with Crippen LogP contribution in [0.5, 0.6) is 0 Å². The number of benzene rings is 1. The molecule has 4 heterocycles. The normalized spacial score (nSPS) is 20.8. The smallest absolute Gasteiger partial charge is 0.267 e. The van der Waals surface area contributed by atoms with Crippen LogP contribution in [0.4, 0.5) is 10.1 Å². The van der Waals surface area contributed by atoms with Crippen molar-refractivity contribution < 1.29 is 13.7 Å². The van der Waals surface area contributed by atoms with Crippen molar-refractivity contribution in [3.63, 3.8) is 0 Å². The Morgan fingerprint density at radius 3 is 2.77 bits per heavy atom. The number of alkyl halides is 1. The third-order valence-electron chi connectivity index (χ3n) is 6.17. The lowest BCUT2D eigenvalue weighted by molar-refractivity contribution is -0.0342. The van der Waals surface area contributed by atoms with Crippen molar-refractivity contribution in [1.82, 2.24) is 29.8 Å². The van der Waals surface area contributed by atoms with Crippen LogP contribution in [0, 0.1) is 11.5 Å². The van der Waals surface area contributed by atoms with E-state index >= 15 is 4.39 Å². The van der Waals surface area contributed by atoms with E-state index in [1.807, 2.05) is 24.4 Å². The van der Waals surface area contributed by atoms with Crippen LogP contribution < -0.4 is 4.90 Å². The van der Waals surface area contributed by atoms with Crippen LogP contribution in [-0.2, 0) is 10.3 Å². The van der Waals surface area contributed by atoms with Gasteiger partial charge in [-0.3, -0.25) is 9.47 Å². The Bertz CT molecular complexity index is 1250. The Kier molecular flexibility index (Phi) is 3.70. The van der Waals surface area contributed by atoms with E-state index < -0.39 is 12.0 Å². The van der Waals surface area contributed by atoms with Crippen molar-refractivity contribution in [3.05, 3.63) is 36.4 Å². The SMILES string of the molecule is COC1(c2nc(-c3nnc4n3C3=CN(C#N)C(F)N3c3ccccc3-4)no2)CCCC1. The van der Waals surface area contributed by atoms with Crippen LogP contribution in [0.25, 0.3) is 28.9 Å². The zero-order valence-electron chi connectivity index (χ0n) is 16.6. The van der Waals surface area contributed by atoms with Crippen LogP contribution in [-0.4, -0.2) is 43.3 Å². The standard InChI is InChI=1S/C20H17FN8O2/c1-30-20(8-4-5-9-20)18-23-15(26-31-18)17-25-24-16-12-6-2-3-7-13(12)28-14(29(16)17)10-27(11-22)19(28)21/h2-3,6-7,10,19H,4-5,8-9H2,1H3. The molecule has 0 saturated heterocycles. The van der Waals surface area contributed by atoms with E-state index in [4.69, 9.17) is 9.26 Å². The molecule has 1 fully saturated rings. The fourth-order valence-corrected chi connectivity index (χ4v) is 4.61. The number of hydrogen-bond acceptors (Lipinski definition) is 9. The number of anilines is 1. The number of nitriles is 1. The predicted molar refractivity (Wildman–Crippen MR) is 105 cm³/mol. The molecule has 6 rings (SSSR count). The zero-order valence-corrected chi connectivity index (χ0v) is 16.6. The summed E-state index contributed by atoms with van der Waals surface area (Å²) in [5.41, 5.74) is 0.695. The average molecular weight is 420 g/mol. The van der Waals surface area contributed by atoms with Crippen molar-refractivity contribution in [2.24, 2.45) is 0 Å². The van der Waals surface area contributed by atoms with Gasteiger partial charge in [-0.05, 0) is 37.8 Å². The van der Waals surface area contributed by atoms with Crippen LogP contribution >= 0.6 is 0 Å². The van der Waals surface area contributed by atoms with Crippen LogP contribution in [0.3, 0.4) is 0 Å². The summed E-state index contributed by atoms with van der Waals surface area (Å²) in [5, 5.41) is 22.1. The van der Waals surface area contributed by atoms with Crippen LogP contribution in [0.1, 0.15) is 31.6 Å². The molecule has 10 nitrogen and oxygen atoms in total. The first-order chi connectivity index (χ1) is 15.2. The molecule has 2 aromatic heterocycles. The van der Waals surface area contributed by atoms with Gasteiger partial charge in [-0.25, -0.2) is 4.90 Å². The highest BCUT2D eigenvalue weighted by Gasteiger charge is 2.44. The number of aromatic nitrogens is 5. The number of nitrogens with zero attached hydrogens (tertiary/aromatic N) is 8. The summed E-state index contributed by atoms with van der Waals surface area (Å²) in [5.74, 6) is 1.83. The largest absolute Gasteiger partial charge is 0.368 e. The first kappa shape index (κ1) is 18.0. The molecule has 2 aliphatic heterocycles. The molecule has 1 aromatic carbocycles. The van der Waals surface area contributed by atoms with E-state index in [-0.39, 0.29) is 5.82 Å². The Balaban J connectivity index is 1.52. The Hall–Kier alpha value is -3.78. The van der Waals surface area contributed by atoms with Gasteiger partial charge in [0.2, 0.25) is 11.6 Å². The highest BCUT2D eigenvalue weighted by Crippen LogP contribution is 2.46. The molecule has 1 aliphatic carbocycles. The lowest BCUT2D eigenvalue weighted by Gasteiger charge is -2.31. The second kappa shape index (κ2) is 6.36. The highest BCUT2D eigenvalue weighted by molar-refractivity contribution is 5.90. The fraction of sp³-hybridized carbons (Fsp3) is 0.350. The number of halogens is 1.